The molecule has 2 atom stereocenters. The Kier molecular flexibility index (Phi) is 8.36. The molecule has 0 bridgehead atoms. The molecule has 1 saturated heterocycles. The highest BCUT2D eigenvalue weighted by molar-refractivity contribution is 8.01. The van der Waals surface area contributed by atoms with Gasteiger partial charge in [-0.1, -0.05) is 10.1 Å². The van der Waals surface area contributed by atoms with E-state index < -0.39 is 29.2 Å². The molecule has 1 unspecified atom stereocenters. The number of thioether (sulfide) groups is 2. The van der Waals surface area contributed by atoms with E-state index in [-0.39, 0.29) is 51.9 Å². The molecule has 2 aromatic rings. The number of hydrogen-bond donors (Lipinski definition) is 6. The maximum atomic E-state index is 13.1. The number of aliphatic carboxylic acids is 1. The first-order valence-electron chi connectivity index (χ1n) is 11.6. The molecule has 2 aromatic heterocycles. The fourth-order valence-electron chi connectivity index (χ4n) is 3.90. The third kappa shape index (κ3) is 5.39. The SMILES string of the molecule is CCO/N=C(\C(=O)NC1C(=O)N2C(C(=O)O)=C(CSc3nc(N)c(N)c(N)[n+]3CC)CS[C@H]12)c1csc(N)n1. The van der Waals surface area contributed by atoms with E-state index >= 15 is 0 Å². The summed E-state index contributed by atoms with van der Waals surface area (Å²) in [7, 11) is 0. The Bertz CT molecular complexity index is 1390. The average Bonchev–Trinajstić information content (AvgIpc) is 3.34. The van der Waals surface area contributed by atoms with Gasteiger partial charge in [0.1, 0.15) is 29.4 Å². The van der Waals surface area contributed by atoms with Gasteiger partial charge in [0.15, 0.2) is 16.5 Å². The molecule has 208 valence electrons. The average molecular weight is 596 g/mol. The number of carboxylic acid groups (broad SMARTS) is 1. The molecule has 0 saturated carbocycles. The molecule has 4 heterocycles. The molecule has 2 aliphatic rings. The van der Waals surface area contributed by atoms with Crippen molar-refractivity contribution >= 4 is 80.8 Å². The molecule has 15 nitrogen and oxygen atoms in total. The van der Waals surface area contributed by atoms with Crippen molar-refractivity contribution in [2.24, 2.45) is 5.16 Å². The number of nitrogens with zero attached hydrogens (tertiary/aromatic N) is 5. The number of nitrogen functional groups attached to an aromatic ring is 4. The number of nitrogens with one attached hydrogen (secondary N) is 1. The van der Waals surface area contributed by atoms with E-state index in [1.165, 1.54) is 28.4 Å². The van der Waals surface area contributed by atoms with Crippen molar-refractivity contribution in [3.8, 4) is 0 Å². The summed E-state index contributed by atoms with van der Waals surface area (Å²) in [6.45, 7) is 4.25. The van der Waals surface area contributed by atoms with Crippen LogP contribution in [0.4, 0.5) is 22.5 Å². The molecular weight excluding hydrogens is 568 g/mol. The number of carbonyl (C=O) groups is 3. The molecule has 10 N–H and O–H groups in total. The number of nitrogens with two attached hydrogens (primary N) is 4. The highest BCUT2D eigenvalue weighted by Crippen LogP contribution is 2.41. The lowest BCUT2D eigenvalue weighted by atomic mass is 10.0. The molecule has 0 spiro atoms. The largest absolute Gasteiger partial charge is 0.477 e. The number of carboxylic acids is 1. The zero-order valence-corrected chi connectivity index (χ0v) is 23.4. The lowest BCUT2D eigenvalue weighted by Gasteiger charge is -2.49. The second-order valence-electron chi connectivity index (χ2n) is 8.16. The van der Waals surface area contributed by atoms with E-state index in [4.69, 9.17) is 27.8 Å². The van der Waals surface area contributed by atoms with Gasteiger partial charge in [-0.15, -0.1) is 23.1 Å². The standard InChI is InChI=1S/C21H26N10O5S3/c1-3-30-15(24)10(22)14(23)28-21(30)39-6-8-5-37-18-12(17(33)31(18)13(8)19(34)35)27-16(32)11(29-36-4-2)9-7-38-20(25)26-9/h7,12,18H,3-6H2,1-2H3,(H9,22,23,24,25,26,27,29,32,34,35)/p+1/t12?,18-/m1/s1. The van der Waals surface area contributed by atoms with E-state index in [0.29, 0.717) is 23.0 Å². The van der Waals surface area contributed by atoms with Gasteiger partial charge in [0.2, 0.25) is 11.6 Å². The summed E-state index contributed by atoms with van der Waals surface area (Å²) in [5.41, 5.74) is 24.1. The summed E-state index contributed by atoms with van der Waals surface area (Å²) in [6, 6.07) is -0.963. The number of β-lactam (4-membered cyclic amide) rings is 1. The summed E-state index contributed by atoms with van der Waals surface area (Å²) in [5.74, 6) is -1.63. The van der Waals surface area contributed by atoms with Gasteiger partial charge in [-0.2, -0.15) is 0 Å². The Balaban J connectivity index is 1.52. The lowest BCUT2D eigenvalue weighted by Crippen LogP contribution is -2.71. The minimum absolute atomic E-state index is 0.0781. The van der Waals surface area contributed by atoms with Crippen LogP contribution in [0, 0.1) is 0 Å². The fraction of sp³-hybridized carbons (Fsp3) is 0.381. The van der Waals surface area contributed by atoms with Crippen LogP contribution >= 0.6 is 34.9 Å². The maximum Gasteiger partial charge on any atom is 0.352 e. The second-order valence-corrected chi connectivity index (χ2v) is 11.1. The van der Waals surface area contributed by atoms with Gasteiger partial charge in [0, 0.05) is 16.9 Å². The first-order chi connectivity index (χ1) is 18.6. The zero-order valence-electron chi connectivity index (χ0n) is 20.9. The van der Waals surface area contributed by atoms with E-state index in [1.54, 1.807) is 16.9 Å². The smallest absolute Gasteiger partial charge is 0.352 e. The van der Waals surface area contributed by atoms with Gasteiger partial charge in [-0.3, -0.25) is 14.5 Å². The van der Waals surface area contributed by atoms with Crippen LogP contribution in [0.5, 0.6) is 0 Å². The molecule has 0 aliphatic carbocycles. The molecule has 39 heavy (non-hydrogen) atoms. The van der Waals surface area contributed by atoms with Crippen molar-refractivity contribution in [2.45, 2.75) is 37.0 Å². The maximum absolute atomic E-state index is 13.1. The highest BCUT2D eigenvalue weighted by atomic mass is 32.2. The second kappa shape index (κ2) is 11.5. The number of carbonyl (C=O) groups excluding carboxylic acids is 2. The van der Waals surface area contributed by atoms with Crippen LogP contribution in [-0.2, 0) is 25.8 Å². The summed E-state index contributed by atoms with van der Waals surface area (Å²) < 4.78 is 1.67. The summed E-state index contributed by atoms with van der Waals surface area (Å²) >= 11 is 3.69. The van der Waals surface area contributed by atoms with Crippen molar-refractivity contribution in [2.75, 3.05) is 41.0 Å². The third-order valence-corrected chi connectivity index (χ3v) is 8.86. The van der Waals surface area contributed by atoms with Gasteiger partial charge in [0.25, 0.3) is 11.8 Å². The number of oxime groups is 1. The van der Waals surface area contributed by atoms with Gasteiger partial charge in [-0.25, -0.2) is 14.3 Å². The van der Waals surface area contributed by atoms with Gasteiger partial charge >= 0.3 is 11.1 Å². The summed E-state index contributed by atoms with van der Waals surface area (Å²) in [4.78, 5) is 52.9. The molecule has 18 heteroatoms. The summed E-state index contributed by atoms with van der Waals surface area (Å²) in [6.07, 6.45) is 0. The highest BCUT2D eigenvalue weighted by Gasteiger charge is 2.54. The lowest BCUT2D eigenvalue weighted by molar-refractivity contribution is -0.719. The predicted octanol–water partition coefficient (Wildman–Crippen LogP) is -0.554. The Morgan fingerprint density at radius 1 is 1.31 bits per heavy atom. The van der Waals surface area contributed by atoms with Crippen LogP contribution in [0.1, 0.15) is 19.5 Å². The van der Waals surface area contributed by atoms with Crippen molar-refractivity contribution in [1.82, 2.24) is 20.2 Å². The molecule has 2 aliphatic heterocycles. The van der Waals surface area contributed by atoms with Gasteiger partial charge in [-0.05, 0) is 31.2 Å². The molecule has 0 radical (unpaired) electrons. The van der Waals surface area contributed by atoms with Gasteiger partial charge < -0.3 is 38.2 Å². The van der Waals surface area contributed by atoms with Crippen molar-refractivity contribution in [3.05, 3.63) is 22.3 Å². The number of rotatable bonds is 10. The minimum Gasteiger partial charge on any atom is -0.477 e. The monoisotopic (exact) mass is 595 g/mol. The van der Waals surface area contributed by atoms with Crippen LogP contribution in [0.15, 0.2) is 27.0 Å². The van der Waals surface area contributed by atoms with Crippen LogP contribution in [-0.4, -0.2) is 73.0 Å². The minimum atomic E-state index is -1.25. The number of hydrogen-bond acceptors (Lipinski definition) is 14. The molecule has 1 fully saturated rings. The molecule has 2 amide bonds. The number of fused-ring (bicyclic) bond motifs is 1. The molecule has 4 rings (SSSR count). The Morgan fingerprint density at radius 2 is 2.05 bits per heavy atom. The Hall–Kier alpha value is -3.77. The Morgan fingerprint density at radius 3 is 2.67 bits per heavy atom. The van der Waals surface area contributed by atoms with E-state index in [0.717, 1.165) is 11.3 Å². The first kappa shape index (κ1) is 28.2. The third-order valence-electron chi connectivity index (χ3n) is 5.78. The van der Waals surface area contributed by atoms with Gasteiger partial charge in [0.05, 0.1) is 6.54 Å². The first-order valence-corrected chi connectivity index (χ1v) is 14.5. The fourth-order valence-corrected chi connectivity index (χ4v) is 7.02. The van der Waals surface area contributed by atoms with Crippen LogP contribution in [0.25, 0.3) is 0 Å². The molecular formula is C21H27N10O5S3+. The van der Waals surface area contributed by atoms with Crippen molar-refractivity contribution in [3.63, 3.8) is 0 Å². The number of amides is 2. The number of aromatic nitrogens is 3. The topological polar surface area (TPSA) is 242 Å². The van der Waals surface area contributed by atoms with Crippen LogP contribution in [0.3, 0.4) is 0 Å². The van der Waals surface area contributed by atoms with Crippen LogP contribution in [0.2, 0.25) is 0 Å². The Labute approximate surface area is 235 Å². The number of thiazole rings is 1. The van der Waals surface area contributed by atoms with E-state index in [2.05, 4.69) is 20.4 Å². The molecule has 0 aromatic carbocycles. The predicted molar refractivity (Wildman–Crippen MR) is 148 cm³/mol. The van der Waals surface area contributed by atoms with Crippen molar-refractivity contribution in [1.29, 1.82) is 0 Å². The normalized spacial score (nSPS) is 19.0. The summed E-state index contributed by atoms with van der Waals surface area (Å²) in [5, 5.41) is 18.1. The van der Waals surface area contributed by atoms with E-state index in [9.17, 15) is 19.5 Å². The van der Waals surface area contributed by atoms with E-state index in [1.807, 2.05) is 6.92 Å². The zero-order chi connectivity index (χ0) is 28.4. The van der Waals surface area contributed by atoms with Crippen LogP contribution < -0.4 is 32.8 Å². The van der Waals surface area contributed by atoms with Crippen molar-refractivity contribution < 1.29 is 28.9 Å². The number of anilines is 4. The quantitative estimate of drug-likeness (QED) is 0.0505.